The number of fused-ring (bicyclic) bond motifs is 1. The number of likely N-dealkylation sites (tertiary alicyclic amines) is 1. The van der Waals surface area contributed by atoms with E-state index in [9.17, 15) is 5.11 Å². The highest BCUT2D eigenvalue weighted by Crippen LogP contribution is 2.39. The molecule has 0 aromatic heterocycles. The molecule has 3 heteroatoms. The SMILES string of the molecule is CC(C)C1CCCN(C2COc3cc(O)ccc32)CC1. The van der Waals surface area contributed by atoms with Crippen LogP contribution in [-0.2, 0) is 0 Å². The summed E-state index contributed by atoms with van der Waals surface area (Å²) in [5.41, 5.74) is 1.24. The summed E-state index contributed by atoms with van der Waals surface area (Å²) in [5.74, 6) is 2.81. The molecule has 0 bridgehead atoms. The van der Waals surface area contributed by atoms with E-state index < -0.39 is 0 Å². The van der Waals surface area contributed by atoms with E-state index in [2.05, 4.69) is 18.7 Å². The van der Waals surface area contributed by atoms with Crippen molar-refractivity contribution in [3.05, 3.63) is 23.8 Å². The van der Waals surface area contributed by atoms with Crippen LogP contribution in [0.4, 0.5) is 0 Å². The minimum atomic E-state index is 0.292. The van der Waals surface area contributed by atoms with Crippen molar-refractivity contribution in [1.29, 1.82) is 0 Å². The number of rotatable bonds is 2. The van der Waals surface area contributed by atoms with Crippen molar-refractivity contribution in [3.8, 4) is 11.5 Å². The highest BCUT2D eigenvalue weighted by atomic mass is 16.5. The Morgan fingerprint density at radius 1 is 1.25 bits per heavy atom. The lowest BCUT2D eigenvalue weighted by molar-refractivity contribution is 0.165. The van der Waals surface area contributed by atoms with Crippen LogP contribution in [0.2, 0.25) is 0 Å². The summed E-state index contributed by atoms with van der Waals surface area (Å²) in [6, 6.07) is 5.91. The Morgan fingerprint density at radius 2 is 2.10 bits per heavy atom. The first-order valence-electron chi connectivity index (χ1n) is 7.85. The fourth-order valence-electron chi connectivity index (χ4n) is 3.61. The van der Waals surface area contributed by atoms with E-state index in [4.69, 9.17) is 4.74 Å². The van der Waals surface area contributed by atoms with Gasteiger partial charge in [0.25, 0.3) is 0 Å². The highest BCUT2D eigenvalue weighted by Gasteiger charge is 2.31. The van der Waals surface area contributed by atoms with Gasteiger partial charge in [-0.15, -0.1) is 0 Å². The quantitative estimate of drug-likeness (QED) is 0.895. The maximum Gasteiger partial charge on any atom is 0.127 e. The summed E-state index contributed by atoms with van der Waals surface area (Å²) >= 11 is 0. The van der Waals surface area contributed by atoms with Crippen molar-refractivity contribution >= 4 is 0 Å². The van der Waals surface area contributed by atoms with Crippen LogP contribution in [0.3, 0.4) is 0 Å². The molecule has 1 aromatic carbocycles. The summed E-state index contributed by atoms with van der Waals surface area (Å²) in [6.45, 7) is 7.74. The van der Waals surface area contributed by atoms with E-state index in [0.29, 0.717) is 11.8 Å². The standard InChI is InChI=1S/C17H25NO2/c1-12(2)13-4-3-8-18(9-7-13)16-11-20-17-10-14(19)5-6-15(16)17/h5-6,10,12-13,16,19H,3-4,7-9,11H2,1-2H3. The highest BCUT2D eigenvalue weighted by molar-refractivity contribution is 5.44. The Labute approximate surface area is 121 Å². The number of hydrogen-bond acceptors (Lipinski definition) is 3. The van der Waals surface area contributed by atoms with Gasteiger partial charge in [-0.25, -0.2) is 0 Å². The van der Waals surface area contributed by atoms with E-state index in [0.717, 1.165) is 37.3 Å². The predicted molar refractivity (Wildman–Crippen MR) is 80.1 cm³/mol. The topological polar surface area (TPSA) is 32.7 Å². The number of nitrogens with zero attached hydrogens (tertiary/aromatic N) is 1. The Kier molecular flexibility index (Phi) is 3.88. The largest absolute Gasteiger partial charge is 0.508 e. The molecule has 3 nitrogen and oxygen atoms in total. The van der Waals surface area contributed by atoms with E-state index in [-0.39, 0.29) is 0 Å². The number of hydrogen-bond donors (Lipinski definition) is 1. The molecule has 1 aromatic rings. The first-order valence-corrected chi connectivity index (χ1v) is 7.85. The molecular weight excluding hydrogens is 250 g/mol. The lowest BCUT2D eigenvalue weighted by atomic mass is 9.89. The van der Waals surface area contributed by atoms with Crippen molar-refractivity contribution in [1.82, 2.24) is 4.90 Å². The molecule has 0 saturated carbocycles. The van der Waals surface area contributed by atoms with Crippen LogP contribution in [0, 0.1) is 11.8 Å². The Bertz CT molecular complexity index is 472. The van der Waals surface area contributed by atoms with Crippen molar-refractivity contribution < 1.29 is 9.84 Å². The summed E-state index contributed by atoms with van der Waals surface area (Å²) < 4.78 is 5.76. The third-order valence-corrected chi connectivity index (χ3v) is 4.94. The molecule has 2 aliphatic heterocycles. The Balaban J connectivity index is 1.72. The summed E-state index contributed by atoms with van der Waals surface area (Å²) in [5, 5.41) is 9.54. The molecular formula is C17H25NO2. The molecule has 0 amide bonds. The number of phenols is 1. The van der Waals surface area contributed by atoms with Crippen LogP contribution >= 0.6 is 0 Å². The molecule has 1 N–H and O–H groups in total. The van der Waals surface area contributed by atoms with Crippen molar-refractivity contribution in [2.24, 2.45) is 11.8 Å². The Hall–Kier alpha value is -1.22. The van der Waals surface area contributed by atoms with Crippen molar-refractivity contribution in [2.75, 3.05) is 19.7 Å². The van der Waals surface area contributed by atoms with Gasteiger partial charge in [-0.2, -0.15) is 0 Å². The molecule has 2 atom stereocenters. The maximum atomic E-state index is 9.54. The average Bonchev–Trinajstić information content (AvgIpc) is 2.67. The lowest BCUT2D eigenvalue weighted by Gasteiger charge is -2.26. The van der Waals surface area contributed by atoms with Crippen molar-refractivity contribution in [2.45, 2.75) is 39.2 Å². The first-order chi connectivity index (χ1) is 9.65. The predicted octanol–water partition coefficient (Wildman–Crippen LogP) is 3.58. The van der Waals surface area contributed by atoms with Gasteiger partial charge in [0.05, 0.1) is 6.04 Å². The lowest BCUT2D eigenvalue weighted by Crippen LogP contribution is -2.31. The van der Waals surface area contributed by atoms with Crippen LogP contribution in [0.5, 0.6) is 11.5 Å². The minimum absolute atomic E-state index is 0.292. The summed E-state index contributed by atoms with van der Waals surface area (Å²) in [6.07, 6.45) is 3.93. The van der Waals surface area contributed by atoms with Crippen LogP contribution in [0.1, 0.15) is 44.7 Å². The van der Waals surface area contributed by atoms with Crippen LogP contribution in [0.15, 0.2) is 18.2 Å². The molecule has 0 radical (unpaired) electrons. The van der Waals surface area contributed by atoms with Gasteiger partial charge in [0.1, 0.15) is 18.1 Å². The Morgan fingerprint density at radius 3 is 2.90 bits per heavy atom. The first kappa shape index (κ1) is 13.7. The van der Waals surface area contributed by atoms with Crippen LogP contribution in [-0.4, -0.2) is 29.7 Å². The molecule has 0 spiro atoms. The third-order valence-electron chi connectivity index (χ3n) is 4.94. The second-order valence-electron chi connectivity index (χ2n) is 6.52. The zero-order valence-corrected chi connectivity index (χ0v) is 12.5. The monoisotopic (exact) mass is 275 g/mol. The van der Waals surface area contributed by atoms with Gasteiger partial charge < -0.3 is 9.84 Å². The molecule has 20 heavy (non-hydrogen) atoms. The summed E-state index contributed by atoms with van der Waals surface area (Å²) in [7, 11) is 0. The van der Waals surface area contributed by atoms with E-state index in [1.165, 1.54) is 24.8 Å². The van der Waals surface area contributed by atoms with Gasteiger partial charge >= 0.3 is 0 Å². The van der Waals surface area contributed by atoms with Crippen molar-refractivity contribution in [3.63, 3.8) is 0 Å². The van der Waals surface area contributed by atoms with Crippen LogP contribution in [0.25, 0.3) is 0 Å². The zero-order valence-electron chi connectivity index (χ0n) is 12.5. The second kappa shape index (κ2) is 5.65. The van der Waals surface area contributed by atoms with Gasteiger partial charge in [-0.05, 0) is 56.3 Å². The molecule has 1 fully saturated rings. The normalized spacial score (nSPS) is 27.1. The molecule has 0 aliphatic carbocycles. The van der Waals surface area contributed by atoms with Gasteiger partial charge in [0.2, 0.25) is 0 Å². The number of benzene rings is 1. The fraction of sp³-hybridized carbons (Fsp3) is 0.647. The van der Waals surface area contributed by atoms with Gasteiger partial charge in [-0.1, -0.05) is 13.8 Å². The summed E-state index contributed by atoms with van der Waals surface area (Å²) in [4.78, 5) is 2.57. The number of aromatic hydroxyl groups is 1. The van der Waals surface area contributed by atoms with E-state index in [1.807, 2.05) is 6.07 Å². The van der Waals surface area contributed by atoms with Gasteiger partial charge in [0, 0.05) is 11.6 Å². The molecule has 2 aliphatic rings. The van der Waals surface area contributed by atoms with E-state index >= 15 is 0 Å². The number of phenolic OH excluding ortho intramolecular Hbond substituents is 1. The molecule has 3 rings (SSSR count). The molecule has 110 valence electrons. The molecule has 2 heterocycles. The smallest absolute Gasteiger partial charge is 0.127 e. The average molecular weight is 275 g/mol. The second-order valence-corrected chi connectivity index (χ2v) is 6.52. The fourth-order valence-corrected chi connectivity index (χ4v) is 3.61. The number of ether oxygens (including phenoxy) is 1. The maximum absolute atomic E-state index is 9.54. The molecule has 2 unspecified atom stereocenters. The third kappa shape index (κ3) is 2.64. The molecule has 1 saturated heterocycles. The zero-order chi connectivity index (χ0) is 14.1. The van der Waals surface area contributed by atoms with Gasteiger partial charge in [-0.3, -0.25) is 4.90 Å². The van der Waals surface area contributed by atoms with Gasteiger partial charge in [0.15, 0.2) is 0 Å². The van der Waals surface area contributed by atoms with E-state index in [1.54, 1.807) is 12.1 Å². The minimum Gasteiger partial charge on any atom is -0.508 e. The van der Waals surface area contributed by atoms with Crippen LogP contribution < -0.4 is 4.74 Å².